The van der Waals surface area contributed by atoms with E-state index in [4.69, 9.17) is 4.74 Å². The van der Waals surface area contributed by atoms with Crippen molar-refractivity contribution in [1.82, 2.24) is 14.5 Å². The molecule has 30 heavy (non-hydrogen) atoms. The lowest BCUT2D eigenvalue weighted by molar-refractivity contribution is -0.153. The molecule has 1 aromatic heterocycles. The molecule has 1 saturated heterocycles. The summed E-state index contributed by atoms with van der Waals surface area (Å²) in [5.74, 6) is -0.802. The molecule has 164 valence electrons. The lowest BCUT2D eigenvalue weighted by Crippen LogP contribution is -2.47. The Balaban J connectivity index is 1.54. The first-order valence-electron chi connectivity index (χ1n) is 9.48. The Hall–Kier alpha value is -2.82. The molecule has 2 aromatic rings. The number of anilines is 1. The molecule has 11 heteroatoms. The van der Waals surface area contributed by atoms with Gasteiger partial charge in [0.15, 0.2) is 6.61 Å². The highest BCUT2D eigenvalue weighted by atomic mass is 19.4. The van der Waals surface area contributed by atoms with Gasteiger partial charge in [0.25, 0.3) is 5.56 Å². The molecule has 7 nitrogen and oxygen atoms in total. The summed E-state index contributed by atoms with van der Waals surface area (Å²) in [4.78, 5) is 29.8. The highest BCUT2D eigenvalue weighted by Gasteiger charge is 2.29. The van der Waals surface area contributed by atoms with E-state index in [1.165, 1.54) is 24.4 Å². The molecule has 1 aliphatic rings. The second kappa shape index (κ2) is 9.33. The third-order valence-corrected chi connectivity index (χ3v) is 4.83. The number of aromatic nitrogens is 2. The molecule has 0 aliphatic carbocycles. The van der Waals surface area contributed by atoms with E-state index in [9.17, 15) is 27.2 Å². The first-order chi connectivity index (χ1) is 14.2. The molecule has 1 N–H and O–H groups in total. The lowest BCUT2D eigenvalue weighted by Gasteiger charge is -2.36. The van der Waals surface area contributed by atoms with Gasteiger partial charge in [-0.25, -0.2) is 9.18 Å². The average Bonchev–Trinajstić information content (AvgIpc) is 2.69. The van der Waals surface area contributed by atoms with Crippen LogP contribution in [0.25, 0.3) is 0 Å². The molecule has 0 bridgehead atoms. The van der Waals surface area contributed by atoms with Crippen LogP contribution in [0.3, 0.4) is 0 Å². The second-order valence-electron chi connectivity index (χ2n) is 6.97. The number of aromatic amines is 1. The lowest BCUT2D eigenvalue weighted by atomic mass is 10.2. The minimum atomic E-state index is -4.51. The number of piperazine rings is 1. The zero-order chi connectivity index (χ0) is 21.7. The number of alkyl halides is 3. The van der Waals surface area contributed by atoms with Crippen molar-refractivity contribution in [3.8, 4) is 5.75 Å². The predicted molar refractivity (Wildman–Crippen MR) is 103 cm³/mol. The predicted octanol–water partition coefficient (Wildman–Crippen LogP) is 1.83. The van der Waals surface area contributed by atoms with E-state index in [0.29, 0.717) is 51.4 Å². The molecule has 0 amide bonds. The fourth-order valence-electron chi connectivity index (χ4n) is 3.35. The van der Waals surface area contributed by atoms with Gasteiger partial charge in [-0.15, -0.1) is 0 Å². The summed E-state index contributed by atoms with van der Waals surface area (Å²) in [6.07, 6.45) is -2.60. The Kier molecular flexibility index (Phi) is 6.80. The standard InChI is InChI=1S/C19H22F4N4O3/c20-14-2-3-15(16(12-14)30-13-19(21,22)23)26-10-8-25(9-11-26)6-1-7-27-17(28)4-5-24-18(27)29/h2-5,12H,1,6-11,13H2,(H,24,29). The number of halogens is 4. The quantitative estimate of drug-likeness (QED) is 0.679. The zero-order valence-corrected chi connectivity index (χ0v) is 16.1. The first kappa shape index (κ1) is 21.9. The molecular weight excluding hydrogens is 408 g/mol. The van der Waals surface area contributed by atoms with Crippen LogP contribution < -0.4 is 20.9 Å². The summed E-state index contributed by atoms with van der Waals surface area (Å²) in [6, 6.07) is 4.87. The van der Waals surface area contributed by atoms with E-state index >= 15 is 0 Å². The van der Waals surface area contributed by atoms with Crippen LogP contribution in [0.4, 0.5) is 23.2 Å². The number of nitrogens with zero attached hydrogens (tertiary/aromatic N) is 3. The van der Waals surface area contributed by atoms with Gasteiger partial charge in [0, 0.05) is 51.1 Å². The van der Waals surface area contributed by atoms with Crippen LogP contribution in [-0.2, 0) is 6.54 Å². The molecule has 0 atom stereocenters. The molecule has 0 spiro atoms. The van der Waals surface area contributed by atoms with E-state index in [2.05, 4.69) is 9.88 Å². The van der Waals surface area contributed by atoms with Gasteiger partial charge >= 0.3 is 11.9 Å². The van der Waals surface area contributed by atoms with Crippen LogP contribution in [0.2, 0.25) is 0 Å². The van der Waals surface area contributed by atoms with Gasteiger partial charge < -0.3 is 14.6 Å². The highest BCUT2D eigenvalue weighted by molar-refractivity contribution is 5.59. The third-order valence-electron chi connectivity index (χ3n) is 4.83. The Morgan fingerprint density at radius 2 is 1.77 bits per heavy atom. The van der Waals surface area contributed by atoms with Gasteiger partial charge in [0.2, 0.25) is 0 Å². The van der Waals surface area contributed by atoms with E-state index in [1.807, 2.05) is 4.90 Å². The number of H-pyrrole nitrogens is 1. The summed E-state index contributed by atoms with van der Waals surface area (Å²) < 4.78 is 56.9. The van der Waals surface area contributed by atoms with Crippen molar-refractivity contribution in [2.45, 2.75) is 19.1 Å². The van der Waals surface area contributed by atoms with Crippen molar-refractivity contribution < 1.29 is 22.3 Å². The van der Waals surface area contributed by atoms with Gasteiger partial charge in [-0.1, -0.05) is 0 Å². The van der Waals surface area contributed by atoms with E-state index in [1.54, 1.807) is 0 Å². The monoisotopic (exact) mass is 430 g/mol. The number of nitrogens with one attached hydrogen (secondary N) is 1. The maximum absolute atomic E-state index is 13.5. The first-order valence-corrected chi connectivity index (χ1v) is 9.48. The van der Waals surface area contributed by atoms with Crippen LogP contribution >= 0.6 is 0 Å². The SMILES string of the molecule is O=c1cc[nH]c(=O)n1CCCN1CCN(c2ccc(F)cc2OCC(F)(F)F)CC1. The third kappa shape index (κ3) is 5.85. The molecule has 0 unspecified atom stereocenters. The van der Waals surface area contributed by atoms with E-state index in [-0.39, 0.29) is 11.3 Å². The second-order valence-corrected chi connectivity index (χ2v) is 6.97. The minimum Gasteiger partial charge on any atom is -0.482 e. The molecule has 1 fully saturated rings. The molecule has 1 aromatic carbocycles. The summed E-state index contributed by atoms with van der Waals surface area (Å²) in [6.45, 7) is 1.80. The number of benzene rings is 1. The largest absolute Gasteiger partial charge is 0.482 e. The van der Waals surface area contributed by atoms with Gasteiger partial charge in [0.05, 0.1) is 5.69 Å². The number of hydrogen-bond donors (Lipinski definition) is 1. The fraction of sp³-hybridized carbons (Fsp3) is 0.474. The van der Waals surface area contributed by atoms with Crippen LogP contribution in [0.15, 0.2) is 40.1 Å². The Morgan fingerprint density at radius 1 is 1.03 bits per heavy atom. The fourth-order valence-corrected chi connectivity index (χ4v) is 3.35. The van der Waals surface area contributed by atoms with E-state index < -0.39 is 24.3 Å². The van der Waals surface area contributed by atoms with Gasteiger partial charge in [-0.05, 0) is 25.1 Å². The maximum atomic E-state index is 13.5. The smallest absolute Gasteiger partial charge is 0.422 e. The van der Waals surface area contributed by atoms with Gasteiger partial charge in [-0.3, -0.25) is 14.3 Å². The maximum Gasteiger partial charge on any atom is 0.422 e. The van der Waals surface area contributed by atoms with Crippen molar-refractivity contribution in [1.29, 1.82) is 0 Å². The van der Waals surface area contributed by atoms with Crippen molar-refractivity contribution >= 4 is 5.69 Å². The van der Waals surface area contributed by atoms with Crippen molar-refractivity contribution in [2.75, 3.05) is 44.2 Å². The van der Waals surface area contributed by atoms with Crippen molar-refractivity contribution in [3.63, 3.8) is 0 Å². The summed E-state index contributed by atoms with van der Waals surface area (Å²) in [5.41, 5.74) is -0.385. The topological polar surface area (TPSA) is 70.6 Å². The number of rotatable bonds is 7. The minimum absolute atomic E-state index is 0.136. The molecule has 3 rings (SSSR count). The molecular formula is C19H22F4N4O3. The molecule has 0 saturated carbocycles. The van der Waals surface area contributed by atoms with E-state index in [0.717, 1.165) is 10.6 Å². The Labute approximate surface area is 169 Å². The normalized spacial score (nSPS) is 15.4. The average molecular weight is 430 g/mol. The molecule has 2 heterocycles. The zero-order valence-electron chi connectivity index (χ0n) is 16.1. The number of ether oxygens (including phenoxy) is 1. The summed E-state index contributed by atoms with van der Waals surface area (Å²) >= 11 is 0. The van der Waals surface area contributed by atoms with Crippen LogP contribution in [0, 0.1) is 5.82 Å². The van der Waals surface area contributed by atoms with Gasteiger partial charge in [0.1, 0.15) is 11.6 Å². The van der Waals surface area contributed by atoms with Gasteiger partial charge in [-0.2, -0.15) is 13.2 Å². The van der Waals surface area contributed by atoms with Crippen LogP contribution in [0.1, 0.15) is 6.42 Å². The molecule has 1 aliphatic heterocycles. The highest BCUT2D eigenvalue weighted by Crippen LogP contribution is 2.31. The summed E-state index contributed by atoms with van der Waals surface area (Å²) in [7, 11) is 0. The van der Waals surface area contributed by atoms with Crippen LogP contribution in [-0.4, -0.2) is 60.0 Å². The Morgan fingerprint density at radius 3 is 2.43 bits per heavy atom. The van der Waals surface area contributed by atoms with Crippen molar-refractivity contribution in [2.24, 2.45) is 0 Å². The molecule has 0 radical (unpaired) electrons. The summed E-state index contributed by atoms with van der Waals surface area (Å²) in [5, 5.41) is 0. The Bertz CT molecular complexity index is 937. The van der Waals surface area contributed by atoms with Crippen LogP contribution in [0.5, 0.6) is 5.75 Å². The van der Waals surface area contributed by atoms with Crippen molar-refractivity contribution in [3.05, 3.63) is 57.1 Å². The number of hydrogen-bond acceptors (Lipinski definition) is 5.